The van der Waals surface area contributed by atoms with Gasteiger partial charge >= 0.3 is 5.97 Å². The molecule has 1 amide bonds. The number of aryl methyl sites for hydroxylation is 2. The third-order valence-corrected chi connectivity index (χ3v) is 4.46. The number of rotatable bonds is 6. The molecule has 0 spiro atoms. The van der Waals surface area contributed by atoms with Crippen LogP contribution >= 0.6 is 11.8 Å². The van der Waals surface area contributed by atoms with E-state index < -0.39 is 0 Å². The topological polar surface area (TPSA) is 55.4 Å². The molecule has 126 valence electrons. The van der Waals surface area contributed by atoms with E-state index in [1.54, 1.807) is 36.0 Å². The molecule has 0 aliphatic rings. The number of hydrogen-bond donors (Lipinski definition) is 1. The largest absolute Gasteiger partial charge is 0.427 e. The van der Waals surface area contributed by atoms with Crippen molar-refractivity contribution in [3.63, 3.8) is 0 Å². The third-order valence-electron chi connectivity index (χ3n) is 3.46. The Balaban J connectivity index is 1.78. The van der Waals surface area contributed by atoms with Gasteiger partial charge in [0.2, 0.25) is 5.91 Å². The molecular formula is C19H21NO3S. The molecule has 0 fully saturated rings. The van der Waals surface area contributed by atoms with E-state index in [1.165, 1.54) is 18.1 Å². The van der Waals surface area contributed by atoms with Crippen LogP contribution in [0.1, 0.15) is 24.5 Å². The van der Waals surface area contributed by atoms with Crippen molar-refractivity contribution >= 4 is 29.3 Å². The molecule has 0 aliphatic carbocycles. The summed E-state index contributed by atoms with van der Waals surface area (Å²) in [5.74, 6) is 0.748. The molecule has 0 aromatic heterocycles. The maximum Gasteiger partial charge on any atom is 0.312 e. The van der Waals surface area contributed by atoms with Gasteiger partial charge in [-0.3, -0.25) is 9.59 Å². The fraction of sp³-hybridized carbons (Fsp3) is 0.263. The SMILES string of the molecule is CC(=O)Nc1ccc(OC(=O)CCSc2ccc(C)c(C)c2)cc1. The monoisotopic (exact) mass is 343 g/mol. The molecule has 2 rings (SSSR count). The molecule has 0 heterocycles. The standard InChI is InChI=1S/C19H21NO3S/c1-13-4-9-18(12-14(13)2)24-11-10-19(22)23-17-7-5-16(6-8-17)20-15(3)21/h4-9,12H,10-11H2,1-3H3,(H,20,21). The fourth-order valence-electron chi connectivity index (χ4n) is 2.05. The highest BCUT2D eigenvalue weighted by atomic mass is 32.2. The number of carbonyl (C=O) groups excluding carboxylic acids is 2. The number of ether oxygens (including phenoxy) is 1. The van der Waals surface area contributed by atoms with Crippen molar-refractivity contribution in [2.24, 2.45) is 0 Å². The Bertz CT molecular complexity index is 726. The zero-order valence-electron chi connectivity index (χ0n) is 14.1. The van der Waals surface area contributed by atoms with Gasteiger partial charge in [0.25, 0.3) is 0 Å². The quantitative estimate of drug-likeness (QED) is 0.481. The highest BCUT2D eigenvalue weighted by molar-refractivity contribution is 7.99. The Morgan fingerprint density at radius 2 is 1.75 bits per heavy atom. The lowest BCUT2D eigenvalue weighted by Gasteiger charge is -2.07. The normalized spacial score (nSPS) is 10.3. The lowest BCUT2D eigenvalue weighted by atomic mass is 10.1. The van der Waals surface area contributed by atoms with Crippen LogP contribution in [0, 0.1) is 13.8 Å². The predicted molar refractivity (Wildman–Crippen MR) is 97.6 cm³/mol. The molecule has 0 radical (unpaired) electrons. The zero-order chi connectivity index (χ0) is 17.5. The van der Waals surface area contributed by atoms with Crippen LogP contribution in [0.2, 0.25) is 0 Å². The summed E-state index contributed by atoms with van der Waals surface area (Å²) in [6.45, 7) is 5.61. The molecule has 0 unspecified atom stereocenters. The van der Waals surface area contributed by atoms with E-state index in [4.69, 9.17) is 4.74 Å². The number of amides is 1. The number of anilines is 1. The number of esters is 1. The first-order valence-corrected chi connectivity index (χ1v) is 8.71. The van der Waals surface area contributed by atoms with E-state index in [1.807, 2.05) is 0 Å². The van der Waals surface area contributed by atoms with Gasteiger partial charge in [-0.05, 0) is 61.4 Å². The maximum absolute atomic E-state index is 11.9. The van der Waals surface area contributed by atoms with Crippen LogP contribution in [-0.4, -0.2) is 17.6 Å². The van der Waals surface area contributed by atoms with Crippen molar-refractivity contribution < 1.29 is 14.3 Å². The molecule has 0 saturated heterocycles. The molecule has 2 aromatic carbocycles. The lowest BCUT2D eigenvalue weighted by Crippen LogP contribution is -2.09. The van der Waals surface area contributed by atoms with E-state index >= 15 is 0 Å². The van der Waals surface area contributed by atoms with Crippen LogP contribution in [0.3, 0.4) is 0 Å². The molecule has 2 aromatic rings. The summed E-state index contributed by atoms with van der Waals surface area (Å²) in [6.07, 6.45) is 0.338. The van der Waals surface area contributed by atoms with E-state index in [-0.39, 0.29) is 11.9 Å². The molecule has 0 atom stereocenters. The number of hydrogen-bond acceptors (Lipinski definition) is 4. The van der Waals surface area contributed by atoms with Crippen LogP contribution in [0.5, 0.6) is 5.75 Å². The van der Waals surface area contributed by atoms with Crippen LogP contribution < -0.4 is 10.1 Å². The molecule has 4 nitrogen and oxygen atoms in total. The molecule has 24 heavy (non-hydrogen) atoms. The van der Waals surface area contributed by atoms with Crippen molar-refractivity contribution in [3.8, 4) is 5.75 Å². The van der Waals surface area contributed by atoms with Crippen LogP contribution in [-0.2, 0) is 9.59 Å². The van der Waals surface area contributed by atoms with Crippen molar-refractivity contribution in [1.82, 2.24) is 0 Å². The average Bonchev–Trinajstić information content (AvgIpc) is 2.52. The van der Waals surface area contributed by atoms with E-state index in [0.29, 0.717) is 23.6 Å². The lowest BCUT2D eigenvalue weighted by molar-refractivity contribution is -0.133. The van der Waals surface area contributed by atoms with Crippen molar-refractivity contribution in [2.45, 2.75) is 32.1 Å². The number of nitrogens with one attached hydrogen (secondary N) is 1. The van der Waals surface area contributed by atoms with Gasteiger partial charge in [-0.1, -0.05) is 6.07 Å². The fourth-order valence-corrected chi connectivity index (χ4v) is 2.98. The second kappa shape index (κ2) is 8.55. The smallest absolute Gasteiger partial charge is 0.312 e. The Hall–Kier alpha value is -2.27. The second-order valence-electron chi connectivity index (χ2n) is 5.52. The first kappa shape index (κ1) is 18.1. The minimum absolute atomic E-state index is 0.136. The van der Waals surface area contributed by atoms with Gasteiger partial charge in [-0.15, -0.1) is 11.8 Å². The Kier molecular flexibility index (Phi) is 6.44. The van der Waals surface area contributed by atoms with Gasteiger partial charge in [-0.2, -0.15) is 0 Å². The zero-order valence-corrected chi connectivity index (χ0v) is 14.9. The second-order valence-corrected chi connectivity index (χ2v) is 6.69. The maximum atomic E-state index is 11.9. The van der Waals surface area contributed by atoms with Crippen molar-refractivity contribution in [3.05, 3.63) is 53.6 Å². The number of benzene rings is 2. The first-order chi connectivity index (χ1) is 11.4. The minimum Gasteiger partial charge on any atom is -0.427 e. The van der Waals surface area contributed by atoms with Crippen LogP contribution in [0.25, 0.3) is 0 Å². The molecule has 0 bridgehead atoms. The molecule has 0 saturated carbocycles. The summed E-state index contributed by atoms with van der Waals surface area (Å²) in [5, 5.41) is 2.66. The third kappa shape index (κ3) is 5.74. The minimum atomic E-state index is -0.265. The Morgan fingerprint density at radius 3 is 2.38 bits per heavy atom. The summed E-state index contributed by atoms with van der Waals surface area (Å²) in [5.41, 5.74) is 3.19. The van der Waals surface area contributed by atoms with Crippen molar-refractivity contribution in [2.75, 3.05) is 11.1 Å². The molecule has 0 aliphatic heterocycles. The molecule has 1 N–H and O–H groups in total. The number of carbonyl (C=O) groups is 2. The summed E-state index contributed by atoms with van der Waals surface area (Å²) in [7, 11) is 0. The first-order valence-electron chi connectivity index (χ1n) is 7.72. The average molecular weight is 343 g/mol. The van der Waals surface area contributed by atoms with Crippen LogP contribution in [0.15, 0.2) is 47.4 Å². The molecular weight excluding hydrogens is 322 g/mol. The Labute approximate surface area is 146 Å². The summed E-state index contributed by atoms with van der Waals surface area (Å²) < 4.78 is 5.29. The molecule has 5 heteroatoms. The summed E-state index contributed by atoms with van der Waals surface area (Å²) >= 11 is 1.64. The van der Waals surface area contributed by atoms with Gasteiger partial charge in [0.1, 0.15) is 5.75 Å². The van der Waals surface area contributed by atoms with Gasteiger partial charge < -0.3 is 10.1 Å². The van der Waals surface area contributed by atoms with Gasteiger partial charge in [0, 0.05) is 23.3 Å². The Morgan fingerprint density at radius 1 is 1.04 bits per heavy atom. The van der Waals surface area contributed by atoms with Gasteiger partial charge in [0.05, 0.1) is 6.42 Å². The van der Waals surface area contributed by atoms with E-state index in [0.717, 1.165) is 4.90 Å². The highest BCUT2D eigenvalue weighted by Crippen LogP contribution is 2.22. The highest BCUT2D eigenvalue weighted by Gasteiger charge is 2.06. The van der Waals surface area contributed by atoms with Gasteiger partial charge in [0.15, 0.2) is 0 Å². The predicted octanol–water partition coefficient (Wildman–Crippen LogP) is 4.35. The van der Waals surface area contributed by atoms with Crippen molar-refractivity contribution in [1.29, 1.82) is 0 Å². The summed E-state index contributed by atoms with van der Waals surface area (Å²) in [4.78, 5) is 24.0. The summed E-state index contributed by atoms with van der Waals surface area (Å²) in [6, 6.07) is 13.0. The van der Waals surface area contributed by atoms with E-state index in [9.17, 15) is 9.59 Å². The van der Waals surface area contributed by atoms with Crippen LogP contribution in [0.4, 0.5) is 5.69 Å². The van der Waals surface area contributed by atoms with E-state index in [2.05, 4.69) is 37.4 Å². The van der Waals surface area contributed by atoms with Gasteiger partial charge in [-0.25, -0.2) is 0 Å². The number of thioether (sulfide) groups is 1.